The molecule has 4 heteroatoms. The van der Waals surface area contributed by atoms with Crippen molar-refractivity contribution in [2.75, 3.05) is 13.6 Å². The van der Waals surface area contributed by atoms with Crippen LogP contribution in [0.25, 0.3) is 11.0 Å². The van der Waals surface area contributed by atoms with Gasteiger partial charge < -0.3 is 0 Å². The SMILES string of the molecule is CN1CCC[C@H]1c1cnc2ccnnc2c1. The molecule has 0 unspecified atom stereocenters. The molecule has 2 aromatic heterocycles. The minimum atomic E-state index is 0.499. The maximum Gasteiger partial charge on any atom is 0.112 e. The van der Waals surface area contributed by atoms with Crippen LogP contribution in [0.4, 0.5) is 0 Å². The Balaban J connectivity index is 2.04. The molecule has 2 aromatic rings. The zero-order valence-electron chi connectivity index (χ0n) is 9.30. The van der Waals surface area contributed by atoms with Crippen LogP contribution in [0.15, 0.2) is 24.5 Å². The number of aromatic nitrogens is 3. The number of fused-ring (bicyclic) bond motifs is 1. The van der Waals surface area contributed by atoms with Gasteiger partial charge in [0.05, 0.1) is 11.7 Å². The topological polar surface area (TPSA) is 41.9 Å². The Morgan fingerprint density at radius 1 is 1.38 bits per heavy atom. The quantitative estimate of drug-likeness (QED) is 0.725. The minimum absolute atomic E-state index is 0.499. The van der Waals surface area contributed by atoms with E-state index in [9.17, 15) is 0 Å². The number of rotatable bonds is 1. The molecule has 3 heterocycles. The molecule has 0 radical (unpaired) electrons. The fourth-order valence-electron chi connectivity index (χ4n) is 2.40. The summed E-state index contributed by atoms with van der Waals surface area (Å²) < 4.78 is 0. The minimum Gasteiger partial charge on any atom is -0.299 e. The van der Waals surface area contributed by atoms with Gasteiger partial charge in [-0.2, -0.15) is 5.10 Å². The van der Waals surface area contributed by atoms with Crippen molar-refractivity contribution in [1.29, 1.82) is 0 Å². The van der Waals surface area contributed by atoms with Crippen molar-refractivity contribution in [1.82, 2.24) is 20.1 Å². The second-order valence-electron chi connectivity index (χ2n) is 4.34. The van der Waals surface area contributed by atoms with Crippen LogP contribution in [0.1, 0.15) is 24.4 Å². The van der Waals surface area contributed by atoms with E-state index < -0.39 is 0 Å². The molecule has 3 rings (SSSR count). The Bertz CT molecular complexity index is 511. The van der Waals surface area contributed by atoms with Gasteiger partial charge in [0.25, 0.3) is 0 Å². The molecule has 0 aromatic carbocycles. The van der Waals surface area contributed by atoms with Crippen LogP contribution in [-0.4, -0.2) is 33.7 Å². The maximum atomic E-state index is 4.43. The first-order chi connectivity index (χ1) is 7.84. The van der Waals surface area contributed by atoms with Gasteiger partial charge in [0.2, 0.25) is 0 Å². The Morgan fingerprint density at radius 3 is 3.12 bits per heavy atom. The highest BCUT2D eigenvalue weighted by Crippen LogP contribution is 2.30. The number of nitrogens with zero attached hydrogens (tertiary/aromatic N) is 4. The predicted octanol–water partition coefficient (Wildman–Crippen LogP) is 1.79. The molecule has 1 aliphatic rings. The van der Waals surface area contributed by atoms with Crippen molar-refractivity contribution in [2.24, 2.45) is 0 Å². The van der Waals surface area contributed by atoms with Gasteiger partial charge in [-0.25, -0.2) is 0 Å². The standard InChI is InChI=1S/C12H14N4/c1-16-6-2-3-12(16)9-7-11-10(13-8-9)4-5-14-15-11/h4-5,7-8,12H,2-3,6H2,1H3/t12-/m0/s1. The summed E-state index contributed by atoms with van der Waals surface area (Å²) in [6.45, 7) is 1.17. The van der Waals surface area contributed by atoms with Crippen LogP contribution in [0.2, 0.25) is 0 Å². The summed E-state index contributed by atoms with van der Waals surface area (Å²) in [6, 6.07) is 4.51. The van der Waals surface area contributed by atoms with E-state index in [-0.39, 0.29) is 0 Å². The third-order valence-electron chi connectivity index (χ3n) is 3.29. The van der Waals surface area contributed by atoms with E-state index >= 15 is 0 Å². The third kappa shape index (κ3) is 1.55. The van der Waals surface area contributed by atoms with Crippen LogP contribution >= 0.6 is 0 Å². The molecule has 0 spiro atoms. The van der Waals surface area contributed by atoms with E-state index in [0.717, 1.165) is 11.0 Å². The fourth-order valence-corrected chi connectivity index (χ4v) is 2.40. The average Bonchev–Trinajstić information content (AvgIpc) is 2.75. The summed E-state index contributed by atoms with van der Waals surface area (Å²) >= 11 is 0. The first kappa shape index (κ1) is 9.66. The molecule has 1 saturated heterocycles. The molecule has 1 aliphatic heterocycles. The van der Waals surface area contributed by atoms with Gasteiger partial charge in [-0.05, 0) is 44.1 Å². The molecule has 0 aliphatic carbocycles. The zero-order chi connectivity index (χ0) is 11.0. The van der Waals surface area contributed by atoms with Crippen LogP contribution in [0, 0.1) is 0 Å². The highest BCUT2D eigenvalue weighted by Gasteiger charge is 2.22. The Labute approximate surface area is 94.3 Å². The smallest absolute Gasteiger partial charge is 0.112 e. The van der Waals surface area contributed by atoms with Crippen LogP contribution < -0.4 is 0 Å². The molecule has 1 fully saturated rings. The molecule has 0 saturated carbocycles. The normalized spacial score (nSPS) is 21.7. The molecular weight excluding hydrogens is 200 g/mol. The van der Waals surface area contributed by atoms with E-state index in [1.165, 1.54) is 24.9 Å². The number of hydrogen-bond acceptors (Lipinski definition) is 4. The lowest BCUT2D eigenvalue weighted by Crippen LogP contribution is -2.17. The highest BCUT2D eigenvalue weighted by atomic mass is 15.1. The van der Waals surface area contributed by atoms with Gasteiger partial charge in [-0.3, -0.25) is 9.88 Å². The van der Waals surface area contributed by atoms with E-state index in [0.29, 0.717) is 6.04 Å². The lowest BCUT2D eigenvalue weighted by molar-refractivity contribution is 0.317. The van der Waals surface area contributed by atoms with Gasteiger partial charge in [0.15, 0.2) is 0 Å². The molecule has 0 bridgehead atoms. The van der Waals surface area contributed by atoms with Crippen molar-refractivity contribution < 1.29 is 0 Å². The predicted molar refractivity (Wildman–Crippen MR) is 61.9 cm³/mol. The summed E-state index contributed by atoms with van der Waals surface area (Å²) in [6.07, 6.45) is 6.12. The summed E-state index contributed by atoms with van der Waals surface area (Å²) in [5, 5.41) is 8.00. The molecule has 4 nitrogen and oxygen atoms in total. The second kappa shape index (κ2) is 3.79. The van der Waals surface area contributed by atoms with Gasteiger partial charge in [0, 0.05) is 12.2 Å². The van der Waals surface area contributed by atoms with Crippen molar-refractivity contribution >= 4 is 11.0 Å². The van der Waals surface area contributed by atoms with Crippen LogP contribution in [-0.2, 0) is 0 Å². The summed E-state index contributed by atoms with van der Waals surface area (Å²) in [7, 11) is 2.17. The summed E-state index contributed by atoms with van der Waals surface area (Å²) in [5.74, 6) is 0. The van der Waals surface area contributed by atoms with E-state index in [4.69, 9.17) is 0 Å². The van der Waals surface area contributed by atoms with Crippen LogP contribution in [0.5, 0.6) is 0 Å². The first-order valence-electron chi connectivity index (χ1n) is 5.62. The van der Waals surface area contributed by atoms with Gasteiger partial charge in [-0.15, -0.1) is 5.10 Å². The summed E-state index contributed by atoms with van der Waals surface area (Å²) in [5.41, 5.74) is 3.06. The Morgan fingerprint density at radius 2 is 2.31 bits per heavy atom. The largest absolute Gasteiger partial charge is 0.299 e. The summed E-state index contributed by atoms with van der Waals surface area (Å²) in [4.78, 5) is 6.81. The van der Waals surface area contributed by atoms with Crippen molar-refractivity contribution in [3.8, 4) is 0 Å². The van der Waals surface area contributed by atoms with Crippen molar-refractivity contribution in [2.45, 2.75) is 18.9 Å². The van der Waals surface area contributed by atoms with E-state index in [2.05, 4.69) is 33.2 Å². The highest BCUT2D eigenvalue weighted by molar-refractivity contribution is 5.73. The van der Waals surface area contributed by atoms with Gasteiger partial charge in [-0.1, -0.05) is 0 Å². The lowest BCUT2D eigenvalue weighted by Gasteiger charge is -2.19. The molecule has 1 atom stereocenters. The van der Waals surface area contributed by atoms with E-state index in [1.54, 1.807) is 6.20 Å². The number of hydrogen-bond donors (Lipinski definition) is 0. The lowest BCUT2D eigenvalue weighted by atomic mass is 10.1. The van der Waals surface area contributed by atoms with Crippen molar-refractivity contribution in [3.05, 3.63) is 30.1 Å². The average molecular weight is 214 g/mol. The monoisotopic (exact) mass is 214 g/mol. The molecular formula is C12H14N4. The van der Waals surface area contributed by atoms with E-state index in [1.807, 2.05) is 12.3 Å². The third-order valence-corrected chi connectivity index (χ3v) is 3.29. The number of pyridine rings is 1. The van der Waals surface area contributed by atoms with Crippen LogP contribution in [0.3, 0.4) is 0 Å². The second-order valence-corrected chi connectivity index (χ2v) is 4.34. The van der Waals surface area contributed by atoms with Gasteiger partial charge >= 0.3 is 0 Å². The Hall–Kier alpha value is -1.55. The molecule has 0 amide bonds. The molecule has 0 N–H and O–H groups in total. The molecule has 82 valence electrons. The maximum absolute atomic E-state index is 4.43. The Kier molecular flexibility index (Phi) is 2.29. The molecule has 16 heavy (non-hydrogen) atoms. The van der Waals surface area contributed by atoms with Gasteiger partial charge in [0.1, 0.15) is 5.52 Å². The zero-order valence-corrected chi connectivity index (χ0v) is 9.30. The van der Waals surface area contributed by atoms with Crippen molar-refractivity contribution in [3.63, 3.8) is 0 Å². The first-order valence-corrected chi connectivity index (χ1v) is 5.62. The number of likely N-dealkylation sites (tertiary alicyclic amines) is 1. The fraction of sp³-hybridized carbons (Fsp3) is 0.417.